The van der Waals surface area contributed by atoms with Crippen molar-refractivity contribution in [1.29, 1.82) is 5.41 Å². The number of amidine groups is 1. The van der Waals surface area contributed by atoms with Crippen LogP contribution in [0.25, 0.3) is 0 Å². The van der Waals surface area contributed by atoms with Gasteiger partial charge in [0.25, 0.3) is 11.8 Å². The van der Waals surface area contributed by atoms with Gasteiger partial charge in [0.05, 0.1) is 13.2 Å². The second kappa shape index (κ2) is 10.7. The molecule has 3 aromatic carbocycles. The Labute approximate surface area is 203 Å². The molecule has 1 unspecified atom stereocenters. The number of nitrogens with zero attached hydrogens (tertiary/aromatic N) is 1. The van der Waals surface area contributed by atoms with Crippen LogP contribution in [0.15, 0.2) is 72.8 Å². The van der Waals surface area contributed by atoms with Crippen LogP contribution in [0.4, 0.5) is 11.4 Å². The predicted octanol–water partition coefficient (Wildman–Crippen LogP) is 3.38. The van der Waals surface area contributed by atoms with Gasteiger partial charge in [0.15, 0.2) is 5.75 Å². The predicted molar refractivity (Wildman–Crippen MR) is 132 cm³/mol. The van der Waals surface area contributed by atoms with E-state index in [1.165, 1.54) is 12.1 Å². The average molecular weight is 473 g/mol. The minimum atomic E-state index is -0.888. The third-order valence-electron chi connectivity index (χ3n) is 5.64. The SMILES string of the molecule is N=C(N)c1cccc(NC(C(=O)Nc2ccc(C(=O)N3CCOCC3)cc2)c2cccc([O])c2)c1. The molecule has 4 rings (SSSR count). The molecule has 5 N–H and O–H groups in total. The lowest BCUT2D eigenvalue weighted by molar-refractivity contribution is -0.117. The number of morpholine rings is 1. The number of hydrogen-bond acceptors (Lipinski definition) is 5. The Kier molecular flexibility index (Phi) is 7.27. The molecule has 0 aromatic heterocycles. The van der Waals surface area contributed by atoms with E-state index in [0.29, 0.717) is 54.4 Å². The van der Waals surface area contributed by atoms with Crippen molar-refractivity contribution in [2.45, 2.75) is 6.04 Å². The summed E-state index contributed by atoms with van der Waals surface area (Å²) in [5.41, 5.74) is 8.19. The Morgan fingerprint density at radius 3 is 2.31 bits per heavy atom. The van der Waals surface area contributed by atoms with Gasteiger partial charge >= 0.3 is 0 Å². The Morgan fingerprint density at radius 1 is 0.914 bits per heavy atom. The van der Waals surface area contributed by atoms with Gasteiger partial charge in [-0.15, -0.1) is 0 Å². The highest BCUT2D eigenvalue weighted by Crippen LogP contribution is 2.25. The van der Waals surface area contributed by atoms with E-state index in [1.807, 2.05) is 0 Å². The van der Waals surface area contributed by atoms with E-state index in [9.17, 15) is 14.7 Å². The van der Waals surface area contributed by atoms with Crippen LogP contribution in [0.5, 0.6) is 5.75 Å². The van der Waals surface area contributed by atoms with Gasteiger partial charge in [-0.25, -0.2) is 0 Å². The van der Waals surface area contributed by atoms with Crippen molar-refractivity contribution in [3.05, 3.63) is 89.5 Å². The van der Waals surface area contributed by atoms with Gasteiger partial charge in [-0.1, -0.05) is 24.3 Å². The maximum atomic E-state index is 13.3. The number of carbonyl (C=O) groups is 2. The fourth-order valence-electron chi connectivity index (χ4n) is 3.80. The summed E-state index contributed by atoms with van der Waals surface area (Å²) in [6.07, 6.45) is 0. The molecule has 0 saturated carbocycles. The molecule has 3 aromatic rings. The number of nitrogen functional groups attached to an aromatic ring is 1. The van der Waals surface area contributed by atoms with Gasteiger partial charge in [-0.2, -0.15) is 0 Å². The zero-order chi connectivity index (χ0) is 24.8. The van der Waals surface area contributed by atoms with Crippen molar-refractivity contribution < 1.29 is 19.4 Å². The van der Waals surface area contributed by atoms with Gasteiger partial charge < -0.3 is 26.0 Å². The van der Waals surface area contributed by atoms with Crippen molar-refractivity contribution in [2.24, 2.45) is 5.73 Å². The van der Waals surface area contributed by atoms with Crippen molar-refractivity contribution >= 4 is 29.0 Å². The summed E-state index contributed by atoms with van der Waals surface area (Å²) in [5, 5.41) is 25.6. The molecular weight excluding hydrogens is 446 g/mol. The van der Waals surface area contributed by atoms with E-state index in [4.69, 9.17) is 15.9 Å². The molecule has 1 fully saturated rings. The van der Waals surface area contributed by atoms with Crippen LogP contribution < -0.4 is 16.4 Å². The number of amides is 2. The summed E-state index contributed by atoms with van der Waals surface area (Å²) in [7, 11) is 0. The molecule has 0 bridgehead atoms. The molecule has 9 heteroatoms. The fourth-order valence-corrected chi connectivity index (χ4v) is 3.80. The number of benzene rings is 3. The standard InChI is InChI=1S/C26H26N5O4/c27-24(28)19-4-1-5-21(15-19)29-23(18-3-2-6-22(32)16-18)25(33)30-20-9-7-17(8-10-20)26(34)31-11-13-35-14-12-31/h1-10,15-16,23,29H,11-14H2,(H3,27,28)(H,30,33). The smallest absolute Gasteiger partial charge is 0.254 e. The molecule has 2 amide bonds. The van der Waals surface area contributed by atoms with Crippen molar-refractivity contribution in [3.63, 3.8) is 0 Å². The van der Waals surface area contributed by atoms with Crippen LogP contribution in [-0.4, -0.2) is 48.9 Å². The lowest BCUT2D eigenvalue weighted by Gasteiger charge is -2.27. The average Bonchev–Trinajstić information content (AvgIpc) is 2.88. The number of carbonyl (C=O) groups excluding carboxylic acids is 2. The summed E-state index contributed by atoms with van der Waals surface area (Å²) in [6.45, 7) is 2.14. The first-order valence-corrected chi connectivity index (χ1v) is 11.2. The summed E-state index contributed by atoms with van der Waals surface area (Å²) in [6, 6.07) is 18.7. The molecular formula is C26H26N5O4. The fraction of sp³-hybridized carbons (Fsp3) is 0.192. The largest absolute Gasteiger partial charge is 0.384 e. The van der Waals surface area contributed by atoms with E-state index in [0.717, 1.165) is 0 Å². The molecule has 1 aliphatic rings. The number of nitrogens with two attached hydrogens (primary N) is 1. The molecule has 179 valence electrons. The molecule has 1 aliphatic heterocycles. The molecule has 9 nitrogen and oxygen atoms in total. The van der Waals surface area contributed by atoms with Crippen LogP contribution >= 0.6 is 0 Å². The Hall–Kier alpha value is -4.37. The monoisotopic (exact) mass is 472 g/mol. The maximum Gasteiger partial charge on any atom is 0.254 e. The third-order valence-corrected chi connectivity index (χ3v) is 5.64. The van der Waals surface area contributed by atoms with Gasteiger partial charge in [-0.05, 0) is 54.1 Å². The van der Waals surface area contributed by atoms with Gasteiger partial charge in [0.2, 0.25) is 0 Å². The van der Waals surface area contributed by atoms with Crippen LogP contribution in [0.3, 0.4) is 0 Å². The first kappa shape index (κ1) is 23.8. The van der Waals surface area contributed by atoms with E-state index >= 15 is 0 Å². The minimum Gasteiger partial charge on any atom is -0.384 e. The topological polar surface area (TPSA) is 140 Å². The molecule has 0 aliphatic carbocycles. The lowest BCUT2D eigenvalue weighted by Crippen LogP contribution is -2.40. The highest BCUT2D eigenvalue weighted by molar-refractivity contribution is 5.99. The number of ether oxygens (including phenoxy) is 1. The highest BCUT2D eigenvalue weighted by Gasteiger charge is 2.23. The Morgan fingerprint density at radius 2 is 1.63 bits per heavy atom. The number of rotatable bonds is 7. The molecule has 0 spiro atoms. The summed E-state index contributed by atoms with van der Waals surface area (Å²) in [4.78, 5) is 27.7. The first-order chi connectivity index (χ1) is 16.9. The number of nitrogens with one attached hydrogen (secondary N) is 3. The normalized spacial score (nSPS) is 14.1. The van der Waals surface area contributed by atoms with Crippen LogP contribution in [0.2, 0.25) is 0 Å². The molecule has 1 radical (unpaired) electrons. The lowest BCUT2D eigenvalue weighted by atomic mass is 10.0. The quantitative estimate of drug-likeness (QED) is 0.308. The van der Waals surface area contributed by atoms with E-state index in [1.54, 1.807) is 65.6 Å². The van der Waals surface area contributed by atoms with E-state index in [2.05, 4.69) is 10.6 Å². The Balaban J connectivity index is 1.52. The highest BCUT2D eigenvalue weighted by atomic mass is 16.5. The minimum absolute atomic E-state index is 0.0802. The second-order valence-electron chi connectivity index (χ2n) is 8.12. The zero-order valence-corrected chi connectivity index (χ0v) is 19.0. The van der Waals surface area contributed by atoms with Gasteiger partial charge in [-0.3, -0.25) is 20.1 Å². The molecule has 35 heavy (non-hydrogen) atoms. The Bertz CT molecular complexity index is 1220. The van der Waals surface area contributed by atoms with Crippen LogP contribution in [-0.2, 0) is 14.6 Å². The summed E-state index contributed by atoms with van der Waals surface area (Å²) >= 11 is 0. The summed E-state index contributed by atoms with van der Waals surface area (Å²) < 4.78 is 5.29. The van der Waals surface area contributed by atoms with Crippen molar-refractivity contribution in [1.82, 2.24) is 4.90 Å². The molecule has 1 saturated heterocycles. The molecule has 1 heterocycles. The first-order valence-electron chi connectivity index (χ1n) is 11.2. The van der Waals surface area contributed by atoms with Crippen molar-refractivity contribution in [3.8, 4) is 5.75 Å². The third kappa shape index (κ3) is 5.96. The van der Waals surface area contributed by atoms with E-state index in [-0.39, 0.29) is 17.5 Å². The molecule has 1 atom stereocenters. The van der Waals surface area contributed by atoms with Crippen LogP contribution in [0, 0.1) is 5.41 Å². The van der Waals surface area contributed by atoms with Crippen LogP contribution in [0.1, 0.15) is 27.5 Å². The van der Waals surface area contributed by atoms with Crippen molar-refractivity contribution in [2.75, 3.05) is 36.9 Å². The second-order valence-corrected chi connectivity index (χ2v) is 8.12. The summed E-state index contributed by atoms with van der Waals surface area (Å²) in [5.74, 6) is -0.784. The number of anilines is 2. The van der Waals surface area contributed by atoms with E-state index < -0.39 is 11.9 Å². The number of hydrogen-bond donors (Lipinski definition) is 4. The zero-order valence-electron chi connectivity index (χ0n) is 19.0. The van der Waals surface area contributed by atoms with Gasteiger partial charge in [0.1, 0.15) is 11.9 Å². The maximum absolute atomic E-state index is 13.3. The van der Waals surface area contributed by atoms with Gasteiger partial charge in [0, 0.05) is 35.6 Å².